The van der Waals surface area contributed by atoms with E-state index < -0.39 is 0 Å². The molecule has 0 unspecified atom stereocenters. The van der Waals surface area contributed by atoms with Crippen LogP contribution in [0.5, 0.6) is 5.06 Å². The first kappa shape index (κ1) is 7.13. The molecule has 1 aromatic rings. The molecule has 2 nitrogen and oxygen atoms in total. The molecule has 1 aromatic heterocycles. The van der Waals surface area contributed by atoms with E-state index in [0.717, 1.165) is 18.2 Å². The molecule has 11 heavy (non-hydrogen) atoms. The second kappa shape index (κ2) is 2.50. The van der Waals surface area contributed by atoms with Crippen LogP contribution in [0.1, 0.15) is 6.92 Å². The van der Waals surface area contributed by atoms with E-state index in [0.29, 0.717) is 0 Å². The topological polar surface area (TPSA) is 21.3 Å². The molecule has 0 aliphatic carbocycles. The van der Waals surface area contributed by atoms with E-state index in [9.17, 15) is 0 Å². The van der Waals surface area contributed by atoms with Crippen molar-refractivity contribution in [1.82, 2.24) is 5.32 Å². The Morgan fingerprint density at radius 3 is 2.91 bits per heavy atom. The molecule has 1 aliphatic heterocycles. The third-order valence-electron chi connectivity index (χ3n) is 1.84. The Labute approximate surface area is 70.2 Å². The molecular formula is C8H11NOS. The average Bonchev–Trinajstić information content (AvgIpc) is 2.36. The lowest BCUT2D eigenvalue weighted by atomic mass is 10.0. The van der Waals surface area contributed by atoms with Crippen molar-refractivity contribution in [2.75, 3.05) is 13.1 Å². The standard InChI is InChI=1S/C8H11NOS/c1-8(5-9-6-8)10-7-3-2-4-11-7/h2-4,9H,5-6H2,1H3. The summed E-state index contributed by atoms with van der Waals surface area (Å²) in [6, 6.07) is 4.02. The molecule has 0 saturated carbocycles. The molecule has 0 amide bonds. The lowest BCUT2D eigenvalue weighted by Crippen LogP contribution is -2.60. The smallest absolute Gasteiger partial charge is 0.174 e. The molecule has 0 spiro atoms. The van der Waals surface area contributed by atoms with Gasteiger partial charge in [-0.1, -0.05) is 0 Å². The second-order valence-corrected chi connectivity index (χ2v) is 4.00. The summed E-state index contributed by atoms with van der Waals surface area (Å²) < 4.78 is 5.73. The minimum absolute atomic E-state index is 0.0465. The van der Waals surface area contributed by atoms with E-state index in [2.05, 4.69) is 12.2 Å². The van der Waals surface area contributed by atoms with Gasteiger partial charge < -0.3 is 10.1 Å². The molecule has 1 fully saturated rings. The number of hydrogen-bond acceptors (Lipinski definition) is 3. The Morgan fingerprint density at radius 2 is 2.45 bits per heavy atom. The van der Waals surface area contributed by atoms with Crippen LogP contribution in [-0.2, 0) is 0 Å². The summed E-state index contributed by atoms with van der Waals surface area (Å²) in [5.41, 5.74) is 0.0465. The van der Waals surface area contributed by atoms with Gasteiger partial charge in [0.05, 0.1) is 0 Å². The lowest BCUT2D eigenvalue weighted by Gasteiger charge is -2.38. The van der Waals surface area contributed by atoms with E-state index in [1.54, 1.807) is 11.3 Å². The first-order chi connectivity index (χ1) is 5.29. The van der Waals surface area contributed by atoms with Crippen molar-refractivity contribution >= 4 is 11.3 Å². The molecule has 3 heteroatoms. The highest BCUT2D eigenvalue weighted by molar-refractivity contribution is 7.11. The van der Waals surface area contributed by atoms with Crippen molar-refractivity contribution in [2.45, 2.75) is 12.5 Å². The highest BCUT2D eigenvalue weighted by Crippen LogP contribution is 2.25. The Kier molecular flexibility index (Phi) is 1.62. The zero-order valence-electron chi connectivity index (χ0n) is 6.46. The van der Waals surface area contributed by atoms with Crippen LogP contribution in [0.3, 0.4) is 0 Å². The third kappa shape index (κ3) is 1.39. The summed E-state index contributed by atoms with van der Waals surface area (Å²) in [6.07, 6.45) is 0. The first-order valence-electron chi connectivity index (χ1n) is 3.72. The Balaban J connectivity index is 2.00. The minimum Gasteiger partial charge on any atom is -0.475 e. The third-order valence-corrected chi connectivity index (χ3v) is 2.58. The highest BCUT2D eigenvalue weighted by Gasteiger charge is 2.33. The van der Waals surface area contributed by atoms with Gasteiger partial charge in [-0.15, -0.1) is 11.3 Å². The number of ether oxygens (including phenoxy) is 1. The molecule has 0 bridgehead atoms. The van der Waals surface area contributed by atoms with Gasteiger partial charge in [-0.2, -0.15) is 0 Å². The highest BCUT2D eigenvalue weighted by atomic mass is 32.1. The first-order valence-corrected chi connectivity index (χ1v) is 4.60. The molecule has 1 N–H and O–H groups in total. The van der Waals surface area contributed by atoms with Crippen LogP contribution in [0, 0.1) is 0 Å². The van der Waals surface area contributed by atoms with Crippen molar-refractivity contribution in [1.29, 1.82) is 0 Å². The van der Waals surface area contributed by atoms with Gasteiger partial charge >= 0.3 is 0 Å². The summed E-state index contributed by atoms with van der Waals surface area (Å²) in [5.74, 6) is 0. The zero-order chi connectivity index (χ0) is 7.73. The molecule has 2 heterocycles. The van der Waals surface area contributed by atoms with Gasteiger partial charge in [0.15, 0.2) is 5.06 Å². The van der Waals surface area contributed by atoms with E-state index in [1.165, 1.54) is 0 Å². The Bertz CT molecular complexity index is 228. The fraction of sp³-hybridized carbons (Fsp3) is 0.500. The van der Waals surface area contributed by atoms with Crippen molar-refractivity contribution in [3.05, 3.63) is 17.5 Å². The van der Waals surface area contributed by atoms with Gasteiger partial charge in [-0.05, 0) is 24.4 Å². The van der Waals surface area contributed by atoms with E-state index in [1.807, 2.05) is 17.5 Å². The van der Waals surface area contributed by atoms with Crippen LogP contribution in [0.15, 0.2) is 17.5 Å². The van der Waals surface area contributed by atoms with Crippen LogP contribution >= 0.6 is 11.3 Å². The zero-order valence-corrected chi connectivity index (χ0v) is 7.28. The summed E-state index contributed by atoms with van der Waals surface area (Å²) in [7, 11) is 0. The quantitative estimate of drug-likeness (QED) is 0.724. The van der Waals surface area contributed by atoms with Gasteiger partial charge in [0.2, 0.25) is 0 Å². The van der Waals surface area contributed by atoms with Gasteiger partial charge in [-0.3, -0.25) is 0 Å². The summed E-state index contributed by atoms with van der Waals surface area (Å²) >= 11 is 1.65. The van der Waals surface area contributed by atoms with Crippen LogP contribution in [0.4, 0.5) is 0 Å². The molecule has 60 valence electrons. The maximum absolute atomic E-state index is 5.73. The largest absolute Gasteiger partial charge is 0.475 e. The van der Waals surface area contributed by atoms with Gasteiger partial charge in [0.1, 0.15) is 5.60 Å². The average molecular weight is 169 g/mol. The van der Waals surface area contributed by atoms with Crippen molar-refractivity contribution in [3.8, 4) is 5.06 Å². The van der Waals surface area contributed by atoms with Gasteiger partial charge in [-0.25, -0.2) is 0 Å². The maximum atomic E-state index is 5.73. The van der Waals surface area contributed by atoms with E-state index in [-0.39, 0.29) is 5.60 Å². The van der Waals surface area contributed by atoms with Crippen molar-refractivity contribution < 1.29 is 4.74 Å². The molecule has 0 aromatic carbocycles. The number of nitrogens with one attached hydrogen (secondary N) is 1. The molecular weight excluding hydrogens is 158 g/mol. The fourth-order valence-electron chi connectivity index (χ4n) is 1.11. The normalized spacial score (nSPS) is 20.8. The molecule has 1 aliphatic rings. The Morgan fingerprint density at radius 1 is 1.64 bits per heavy atom. The predicted octanol–water partition coefficient (Wildman–Crippen LogP) is 1.49. The van der Waals surface area contributed by atoms with E-state index in [4.69, 9.17) is 4.74 Å². The minimum atomic E-state index is 0.0465. The predicted molar refractivity (Wildman–Crippen MR) is 46.2 cm³/mol. The number of hydrogen-bond donors (Lipinski definition) is 1. The fourth-order valence-corrected chi connectivity index (χ4v) is 1.81. The van der Waals surface area contributed by atoms with E-state index >= 15 is 0 Å². The van der Waals surface area contributed by atoms with Crippen LogP contribution in [0.2, 0.25) is 0 Å². The molecule has 0 radical (unpaired) electrons. The number of rotatable bonds is 2. The van der Waals surface area contributed by atoms with Crippen molar-refractivity contribution in [2.24, 2.45) is 0 Å². The second-order valence-electron chi connectivity index (χ2n) is 3.09. The van der Waals surface area contributed by atoms with Gasteiger partial charge in [0, 0.05) is 13.1 Å². The monoisotopic (exact) mass is 169 g/mol. The van der Waals surface area contributed by atoms with Crippen LogP contribution < -0.4 is 10.1 Å². The SMILES string of the molecule is CC1(Oc2cccs2)CNC1. The molecule has 2 rings (SSSR count). The number of thiophene rings is 1. The molecule has 1 saturated heterocycles. The summed E-state index contributed by atoms with van der Waals surface area (Å²) in [6.45, 7) is 4.05. The maximum Gasteiger partial charge on any atom is 0.174 e. The summed E-state index contributed by atoms with van der Waals surface area (Å²) in [5, 5.41) is 6.25. The van der Waals surface area contributed by atoms with Gasteiger partial charge in [0.25, 0.3) is 0 Å². The van der Waals surface area contributed by atoms with Crippen LogP contribution in [0.25, 0.3) is 0 Å². The Hall–Kier alpha value is -0.540. The van der Waals surface area contributed by atoms with Crippen LogP contribution in [-0.4, -0.2) is 18.7 Å². The van der Waals surface area contributed by atoms with Crippen molar-refractivity contribution in [3.63, 3.8) is 0 Å². The lowest BCUT2D eigenvalue weighted by molar-refractivity contribution is 0.0386. The molecule has 0 atom stereocenters. The summed E-state index contributed by atoms with van der Waals surface area (Å²) in [4.78, 5) is 0.